The van der Waals surface area contributed by atoms with E-state index in [4.69, 9.17) is 0 Å². The lowest BCUT2D eigenvalue weighted by Crippen LogP contribution is -2.15. The SMILES string of the molecule is C=S(C)(=O)CCC.CC1CCC1.CCC.CCC(=O)NC.CCC(C)C.CCCC.CCCCC. The van der Waals surface area contributed by atoms with Crippen molar-refractivity contribution in [2.75, 3.05) is 19.1 Å². The van der Waals surface area contributed by atoms with Gasteiger partial charge in [0.15, 0.2) is 0 Å². The molecule has 4 heteroatoms. The van der Waals surface area contributed by atoms with Crippen molar-refractivity contribution < 1.29 is 9.00 Å². The Hall–Kier alpha value is -0.510. The zero-order valence-corrected chi connectivity index (χ0v) is 28.1. The summed E-state index contributed by atoms with van der Waals surface area (Å²) in [4.78, 5) is 10.1. The predicted octanol–water partition coefficient (Wildman–Crippen LogP) is 10.2. The van der Waals surface area contributed by atoms with Gasteiger partial charge in [0.05, 0.1) is 0 Å². The molecule has 35 heavy (non-hydrogen) atoms. The molecular weight excluding hydrogens is 450 g/mol. The fraction of sp³-hybridized carbons (Fsp3) is 0.935. The van der Waals surface area contributed by atoms with Crippen molar-refractivity contribution in [2.24, 2.45) is 11.8 Å². The Morgan fingerprint density at radius 2 is 1.23 bits per heavy atom. The van der Waals surface area contributed by atoms with Crippen molar-refractivity contribution in [3.05, 3.63) is 0 Å². The summed E-state index contributed by atoms with van der Waals surface area (Å²) in [6, 6.07) is 0. The Balaban J connectivity index is -0.0000000710. The molecule has 1 aliphatic carbocycles. The van der Waals surface area contributed by atoms with E-state index in [1.54, 1.807) is 13.3 Å². The summed E-state index contributed by atoms with van der Waals surface area (Å²) in [5, 5.41) is 2.48. The average molecular weight is 524 g/mol. The van der Waals surface area contributed by atoms with Crippen molar-refractivity contribution in [3.63, 3.8) is 0 Å². The number of hydrogen-bond acceptors (Lipinski definition) is 2. The predicted molar refractivity (Wildman–Crippen MR) is 171 cm³/mol. The van der Waals surface area contributed by atoms with E-state index in [1.165, 1.54) is 64.2 Å². The molecule has 1 saturated carbocycles. The van der Waals surface area contributed by atoms with E-state index in [2.05, 4.69) is 80.4 Å². The lowest BCUT2D eigenvalue weighted by molar-refractivity contribution is -0.120. The van der Waals surface area contributed by atoms with Crippen LogP contribution in [-0.4, -0.2) is 35.0 Å². The maximum absolute atomic E-state index is 10.7. The van der Waals surface area contributed by atoms with Crippen LogP contribution >= 0.6 is 0 Å². The second-order valence-electron chi connectivity index (χ2n) is 9.81. The third kappa shape index (κ3) is 97.1. The van der Waals surface area contributed by atoms with Crippen molar-refractivity contribution in [3.8, 4) is 0 Å². The number of carbonyl (C=O) groups excluding carboxylic acids is 1. The van der Waals surface area contributed by atoms with Gasteiger partial charge in [-0.05, 0) is 33.6 Å². The van der Waals surface area contributed by atoms with Crippen molar-refractivity contribution in [1.29, 1.82) is 0 Å². The van der Waals surface area contributed by atoms with E-state index in [1.807, 2.05) is 13.8 Å². The van der Waals surface area contributed by atoms with Gasteiger partial charge in [-0.25, -0.2) is 0 Å². The first-order valence-corrected chi connectivity index (χ1v) is 17.1. The van der Waals surface area contributed by atoms with Crippen LogP contribution in [-0.2, 0) is 14.3 Å². The van der Waals surface area contributed by atoms with Gasteiger partial charge in [-0.2, -0.15) is 0 Å². The fourth-order valence-electron chi connectivity index (χ4n) is 1.57. The molecule has 0 saturated heterocycles. The normalized spacial score (nSPS) is 12.7. The maximum atomic E-state index is 10.7. The molecule has 1 fully saturated rings. The molecule has 0 aromatic rings. The average Bonchev–Trinajstić information content (AvgIpc) is 2.79. The Bertz CT molecular complexity index is 413. The van der Waals surface area contributed by atoms with Crippen LogP contribution in [0.3, 0.4) is 0 Å². The second-order valence-corrected chi connectivity index (χ2v) is 12.6. The Morgan fingerprint density at radius 1 is 0.886 bits per heavy atom. The molecule has 0 spiro atoms. The summed E-state index contributed by atoms with van der Waals surface area (Å²) in [5.41, 5.74) is 0. The Morgan fingerprint density at radius 3 is 1.23 bits per heavy atom. The van der Waals surface area contributed by atoms with Crippen molar-refractivity contribution in [2.45, 2.75) is 160 Å². The van der Waals surface area contributed by atoms with E-state index in [-0.39, 0.29) is 5.91 Å². The van der Waals surface area contributed by atoms with Gasteiger partial charge in [0.2, 0.25) is 5.91 Å². The van der Waals surface area contributed by atoms with Gasteiger partial charge in [-0.15, -0.1) is 0 Å². The van der Waals surface area contributed by atoms with E-state index in [0.717, 1.165) is 24.0 Å². The molecule has 1 unspecified atom stereocenters. The number of nitrogens with one attached hydrogen (secondary N) is 1. The van der Waals surface area contributed by atoms with E-state index < -0.39 is 9.52 Å². The van der Waals surface area contributed by atoms with Gasteiger partial charge in [0, 0.05) is 25.5 Å². The van der Waals surface area contributed by atoms with Gasteiger partial charge in [0.1, 0.15) is 0 Å². The van der Waals surface area contributed by atoms with Crippen LogP contribution < -0.4 is 5.32 Å². The minimum atomic E-state index is -1.67. The monoisotopic (exact) mass is 524 g/mol. The highest BCUT2D eigenvalue weighted by Crippen LogP contribution is 2.24. The first-order chi connectivity index (χ1) is 16.3. The van der Waals surface area contributed by atoms with Gasteiger partial charge in [-0.1, -0.05) is 147 Å². The van der Waals surface area contributed by atoms with Crippen LogP contribution in [0.4, 0.5) is 0 Å². The first-order valence-electron chi connectivity index (χ1n) is 14.8. The Labute approximate surface area is 226 Å². The maximum Gasteiger partial charge on any atom is 0.219 e. The molecule has 1 amide bonds. The smallest absolute Gasteiger partial charge is 0.219 e. The third-order valence-electron chi connectivity index (χ3n) is 4.65. The van der Waals surface area contributed by atoms with E-state index in [0.29, 0.717) is 6.42 Å². The third-order valence-corrected chi connectivity index (χ3v) is 5.93. The zero-order valence-electron chi connectivity index (χ0n) is 27.3. The van der Waals surface area contributed by atoms with E-state index >= 15 is 0 Å². The number of hydrogen-bond donors (Lipinski definition) is 1. The molecule has 1 N–H and O–H groups in total. The molecule has 0 aromatic carbocycles. The molecule has 0 radical (unpaired) electrons. The van der Waals surface area contributed by atoms with Crippen LogP contribution in [0.2, 0.25) is 0 Å². The second kappa shape index (κ2) is 43.6. The zero-order chi connectivity index (χ0) is 29.1. The van der Waals surface area contributed by atoms with Gasteiger partial charge >= 0.3 is 0 Å². The van der Waals surface area contributed by atoms with Crippen molar-refractivity contribution in [1.82, 2.24) is 5.32 Å². The van der Waals surface area contributed by atoms with Crippen molar-refractivity contribution >= 4 is 21.3 Å². The van der Waals surface area contributed by atoms with Gasteiger partial charge in [-0.3, -0.25) is 9.00 Å². The molecular formula is C31H73NO2S. The summed E-state index contributed by atoms with van der Waals surface area (Å²) >= 11 is 0. The van der Waals surface area contributed by atoms with E-state index in [9.17, 15) is 9.00 Å². The summed E-state index contributed by atoms with van der Waals surface area (Å²) in [6.07, 6.45) is 17.0. The molecule has 1 atom stereocenters. The molecule has 3 nitrogen and oxygen atoms in total. The minimum Gasteiger partial charge on any atom is -0.359 e. The van der Waals surface area contributed by atoms with Crippen LogP contribution in [0.25, 0.3) is 0 Å². The summed E-state index contributed by atoms with van der Waals surface area (Å²) in [6.45, 7) is 25.8. The molecule has 0 aromatic heterocycles. The van der Waals surface area contributed by atoms with Gasteiger partial charge in [0.25, 0.3) is 0 Å². The quantitative estimate of drug-likeness (QED) is 0.337. The lowest BCUT2D eigenvalue weighted by Gasteiger charge is -2.18. The largest absolute Gasteiger partial charge is 0.359 e. The van der Waals surface area contributed by atoms with Crippen LogP contribution in [0.5, 0.6) is 0 Å². The number of amides is 1. The summed E-state index contributed by atoms with van der Waals surface area (Å²) < 4.78 is 10.7. The Kier molecular flexibility index (Phi) is 59.3. The highest BCUT2D eigenvalue weighted by molar-refractivity contribution is 7.99. The number of carbonyl (C=O) groups is 1. The molecule has 0 bridgehead atoms. The molecule has 0 aliphatic heterocycles. The number of rotatable bonds is 7. The van der Waals surface area contributed by atoms with Crippen LogP contribution in [0, 0.1) is 11.8 Å². The lowest BCUT2D eigenvalue weighted by atomic mass is 9.88. The van der Waals surface area contributed by atoms with Crippen LogP contribution in [0.1, 0.15) is 160 Å². The first kappa shape index (κ1) is 47.7. The molecule has 220 valence electrons. The molecule has 0 heterocycles. The summed E-state index contributed by atoms with van der Waals surface area (Å²) in [7, 11) is -0.0434. The highest BCUT2D eigenvalue weighted by atomic mass is 32.2. The van der Waals surface area contributed by atoms with Gasteiger partial charge < -0.3 is 5.32 Å². The standard InChI is InChI=1S/C5H12OS.C5H10.2C5H12.C4H9NO.C4H10.C3H8/c1-4-5-7(2,3)6;1-5-3-2-4-5;1-4-5(2)3;1-3-5-4-2;1-3-4(6)5-2;1-3-4-2;1-3-2/h2,4-5H2,1,3H3;5H,2-4H2,1H3;5H,4H2,1-3H3;3-5H2,1-2H3;3H2,1-2H3,(H,5,6);3-4H2,1-2H3;3H2,1-2H3. The fourth-order valence-corrected chi connectivity index (χ4v) is 2.44. The molecule has 1 rings (SSSR count). The van der Waals surface area contributed by atoms with Crippen LogP contribution in [0.15, 0.2) is 0 Å². The topological polar surface area (TPSA) is 46.2 Å². The summed E-state index contributed by atoms with van der Waals surface area (Å²) in [5.74, 6) is 6.29. The number of unbranched alkanes of at least 4 members (excludes halogenated alkanes) is 3. The highest BCUT2D eigenvalue weighted by Gasteiger charge is 2.09. The molecule has 1 aliphatic rings. The minimum absolute atomic E-state index is 0.0926.